The Kier molecular flexibility index (Phi) is 4.08. The molecule has 1 heterocycles. The first-order valence-corrected chi connectivity index (χ1v) is 6.53. The van der Waals surface area contributed by atoms with Crippen LogP contribution in [0.5, 0.6) is 0 Å². The van der Waals surface area contributed by atoms with Crippen LogP contribution < -0.4 is 0 Å². The highest BCUT2D eigenvalue weighted by molar-refractivity contribution is 7.13. The molecule has 0 fully saturated rings. The third kappa shape index (κ3) is 3.36. The zero-order valence-electron chi connectivity index (χ0n) is 10.1. The number of benzene rings is 1. The average molecular weight is 301 g/mol. The van der Waals surface area contributed by atoms with Crippen molar-refractivity contribution in [1.29, 1.82) is 0 Å². The molecule has 2 rings (SSSR count). The van der Waals surface area contributed by atoms with Gasteiger partial charge in [0.25, 0.3) is 0 Å². The number of thiazole rings is 1. The second-order valence-electron chi connectivity index (χ2n) is 4.07. The fourth-order valence-corrected chi connectivity index (χ4v) is 2.63. The van der Waals surface area contributed by atoms with Gasteiger partial charge in [-0.2, -0.15) is 13.2 Å². The smallest absolute Gasteiger partial charge is 0.435 e. The summed E-state index contributed by atoms with van der Waals surface area (Å²) in [6, 6.07) is 9.23. The van der Waals surface area contributed by atoms with Crippen LogP contribution in [0.25, 0.3) is 0 Å². The SMILES string of the molecule is O=C(O)c1sc(CCc2ccccc2)nc1C(F)(F)F. The van der Waals surface area contributed by atoms with Crippen LogP contribution >= 0.6 is 11.3 Å². The van der Waals surface area contributed by atoms with Crippen LogP contribution in [-0.2, 0) is 19.0 Å². The van der Waals surface area contributed by atoms with E-state index in [4.69, 9.17) is 5.11 Å². The largest absolute Gasteiger partial charge is 0.477 e. The summed E-state index contributed by atoms with van der Waals surface area (Å²) < 4.78 is 38.0. The van der Waals surface area contributed by atoms with Crippen LogP contribution in [0, 0.1) is 0 Å². The predicted molar refractivity (Wildman–Crippen MR) is 67.9 cm³/mol. The van der Waals surface area contributed by atoms with Crippen LogP contribution in [0.2, 0.25) is 0 Å². The molecule has 1 N–H and O–H groups in total. The molecule has 0 bridgehead atoms. The monoisotopic (exact) mass is 301 g/mol. The molecule has 3 nitrogen and oxygen atoms in total. The molecule has 0 atom stereocenters. The van der Waals surface area contributed by atoms with Gasteiger partial charge in [0, 0.05) is 6.42 Å². The first-order chi connectivity index (χ1) is 9.38. The van der Waals surface area contributed by atoms with E-state index >= 15 is 0 Å². The molecule has 1 aromatic heterocycles. The molecule has 1 aromatic carbocycles. The van der Waals surface area contributed by atoms with E-state index in [1.165, 1.54) is 0 Å². The molecule has 7 heteroatoms. The Labute approximate surface area is 116 Å². The summed E-state index contributed by atoms with van der Waals surface area (Å²) in [7, 11) is 0. The maximum atomic E-state index is 12.7. The molecular formula is C13H10F3NO2S. The van der Waals surface area contributed by atoms with Crippen molar-refractivity contribution in [1.82, 2.24) is 4.98 Å². The molecule has 20 heavy (non-hydrogen) atoms. The summed E-state index contributed by atoms with van der Waals surface area (Å²) in [5.41, 5.74) is -0.341. The summed E-state index contributed by atoms with van der Waals surface area (Å²) in [4.78, 5) is 13.5. The number of carboxylic acids is 1. The molecule has 0 aliphatic rings. The standard InChI is InChI=1S/C13H10F3NO2S/c14-13(15,16)11-10(12(18)19)20-9(17-11)7-6-8-4-2-1-3-5-8/h1-5H,6-7H2,(H,18,19). The zero-order chi connectivity index (χ0) is 14.8. The van der Waals surface area contributed by atoms with E-state index in [1.54, 1.807) is 0 Å². The summed E-state index contributed by atoms with van der Waals surface area (Å²) in [6.45, 7) is 0. The lowest BCUT2D eigenvalue weighted by Gasteiger charge is -2.02. The van der Waals surface area contributed by atoms with Crippen molar-refractivity contribution in [3.8, 4) is 0 Å². The number of aromatic nitrogens is 1. The van der Waals surface area contributed by atoms with Gasteiger partial charge in [0.15, 0.2) is 5.69 Å². The van der Waals surface area contributed by atoms with Gasteiger partial charge >= 0.3 is 12.1 Å². The second kappa shape index (κ2) is 5.62. The van der Waals surface area contributed by atoms with Crippen molar-refractivity contribution < 1.29 is 23.1 Å². The quantitative estimate of drug-likeness (QED) is 0.938. The van der Waals surface area contributed by atoms with Crippen molar-refractivity contribution in [3.63, 3.8) is 0 Å². The van der Waals surface area contributed by atoms with Gasteiger partial charge in [0.05, 0.1) is 5.01 Å². The Balaban J connectivity index is 2.19. The number of nitrogens with zero attached hydrogens (tertiary/aromatic N) is 1. The number of hydrogen-bond acceptors (Lipinski definition) is 3. The van der Waals surface area contributed by atoms with Crippen LogP contribution in [0.4, 0.5) is 13.2 Å². The Morgan fingerprint density at radius 1 is 1.20 bits per heavy atom. The Morgan fingerprint density at radius 3 is 2.35 bits per heavy atom. The number of carbonyl (C=O) groups is 1. The molecule has 0 saturated carbocycles. The van der Waals surface area contributed by atoms with Gasteiger partial charge in [0.2, 0.25) is 0 Å². The third-order valence-electron chi connectivity index (χ3n) is 2.60. The second-order valence-corrected chi connectivity index (χ2v) is 5.16. The van der Waals surface area contributed by atoms with Gasteiger partial charge in [-0.3, -0.25) is 0 Å². The van der Waals surface area contributed by atoms with Gasteiger partial charge in [-0.1, -0.05) is 30.3 Å². The topological polar surface area (TPSA) is 50.2 Å². The Bertz CT molecular complexity index is 608. The number of rotatable bonds is 4. The molecule has 0 spiro atoms. The highest BCUT2D eigenvalue weighted by Crippen LogP contribution is 2.34. The molecule has 106 valence electrons. The van der Waals surface area contributed by atoms with E-state index in [-0.39, 0.29) is 11.4 Å². The minimum absolute atomic E-state index is 0.179. The highest BCUT2D eigenvalue weighted by Gasteiger charge is 2.39. The maximum Gasteiger partial charge on any atom is 0.435 e. The normalized spacial score (nSPS) is 11.6. The zero-order valence-corrected chi connectivity index (χ0v) is 11.0. The van der Waals surface area contributed by atoms with Crippen LogP contribution in [-0.4, -0.2) is 16.1 Å². The molecule has 0 saturated heterocycles. The van der Waals surface area contributed by atoms with Crippen molar-refractivity contribution in [2.75, 3.05) is 0 Å². The average Bonchev–Trinajstić information content (AvgIpc) is 2.82. The Morgan fingerprint density at radius 2 is 1.85 bits per heavy atom. The Hall–Kier alpha value is -1.89. The fraction of sp³-hybridized carbons (Fsp3) is 0.231. The van der Waals surface area contributed by atoms with Crippen molar-refractivity contribution in [2.24, 2.45) is 0 Å². The van der Waals surface area contributed by atoms with Crippen molar-refractivity contribution in [2.45, 2.75) is 19.0 Å². The number of halogens is 3. The van der Waals surface area contributed by atoms with Crippen LogP contribution in [0.3, 0.4) is 0 Å². The van der Waals surface area contributed by atoms with Gasteiger partial charge in [-0.15, -0.1) is 11.3 Å². The van der Waals surface area contributed by atoms with Crippen LogP contribution in [0.15, 0.2) is 30.3 Å². The van der Waals surface area contributed by atoms with E-state index in [0.717, 1.165) is 5.56 Å². The summed E-state index contributed by atoms with van der Waals surface area (Å²) in [5.74, 6) is -1.60. The predicted octanol–water partition coefficient (Wildman–Crippen LogP) is 3.65. The first kappa shape index (κ1) is 14.5. The highest BCUT2D eigenvalue weighted by atomic mass is 32.1. The number of aryl methyl sites for hydroxylation is 2. The van der Waals surface area contributed by atoms with Gasteiger partial charge in [0.1, 0.15) is 4.88 Å². The minimum Gasteiger partial charge on any atom is -0.477 e. The molecule has 0 radical (unpaired) electrons. The maximum absolute atomic E-state index is 12.7. The molecule has 0 aliphatic carbocycles. The minimum atomic E-state index is -4.74. The lowest BCUT2D eigenvalue weighted by atomic mass is 10.1. The number of carboxylic acid groups (broad SMARTS) is 1. The van der Waals surface area contributed by atoms with E-state index in [2.05, 4.69) is 4.98 Å². The van der Waals surface area contributed by atoms with E-state index in [9.17, 15) is 18.0 Å². The molecule has 0 unspecified atom stereocenters. The number of hydrogen-bond donors (Lipinski definition) is 1. The fourth-order valence-electron chi connectivity index (χ4n) is 1.70. The lowest BCUT2D eigenvalue weighted by Crippen LogP contribution is -2.11. The third-order valence-corrected chi connectivity index (χ3v) is 3.71. The first-order valence-electron chi connectivity index (χ1n) is 5.72. The van der Waals surface area contributed by atoms with Crippen molar-refractivity contribution in [3.05, 3.63) is 51.5 Å². The molecule has 0 aliphatic heterocycles. The van der Waals surface area contributed by atoms with E-state index < -0.39 is 22.7 Å². The van der Waals surface area contributed by atoms with Gasteiger partial charge in [-0.05, 0) is 12.0 Å². The van der Waals surface area contributed by atoms with Crippen molar-refractivity contribution >= 4 is 17.3 Å². The van der Waals surface area contributed by atoms with E-state index in [0.29, 0.717) is 17.8 Å². The van der Waals surface area contributed by atoms with Crippen LogP contribution in [0.1, 0.15) is 25.9 Å². The van der Waals surface area contributed by atoms with Gasteiger partial charge < -0.3 is 5.11 Å². The number of alkyl halides is 3. The molecular weight excluding hydrogens is 291 g/mol. The molecule has 2 aromatic rings. The summed E-state index contributed by atoms with van der Waals surface area (Å²) >= 11 is 0.583. The summed E-state index contributed by atoms with van der Waals surface area (Å²) in [6.07, 6.45) is -3.94. The summed E-state index contributed by atoms with van der Waals surface area (Å²) in [5, 5.41) is 8.98. The van der Waals surface area contributed by atoms with E-state index in [1.807, 2.05) is 30.3 Å². The van der Waals surface area contributed by atoms with Gasteiger partial charge in [-0.25, -0.2) is 9.78 Å². The molecule has 0 amide bonds. The lowest BCUT2D eigenvalue weighted by molar-refractivity contribution is -0.141. The number of aromatic carboxylic acids is 1.